The summed E-state index contributed by atoms with van der Waals surface area (Å²) in [5, 5.41) is 2.64. The van der Waals surface area contributed by atoms with Crippen LogP contribution in [0.15, 0.2) is 114 Å². The quantitative estimate of drug-likeness (QED) is 0.137. The molecule has 0 saturated heterocycles. The van der Waals surface area contributed by atoms with Crippen molar-refractivity contribution in [2.45, 2.75) is 102 Å². The zero-order valence-electron chi connectivity index (χ0n) is 30.9. The fourth-order valence-corrected chi connectivity index (χ4v) is 15.7. The van der Waals surface area contributed by atoms with Crippen LogP contribution in [0.5, 0.6) is 5.75 Å². The number of methoxy groups -OCH3 is 1. The minimum absolute atomic E-state index is 0.0451. The summed E-state index contributed by atoms with van der Waals surface area (Å²) in [6.45, 7) is 12.3. The molecule has 8 atom stereocenters. The normalized spacial score (nSPS) is 31.9. The zero-order chi connectivity index (χ0) is 34.7. The summed E-state index contributed by atoms with van der Waals surface area (Å²) in [4.78, 5) is 5.70. The fourth-order valence-electron chi connectivity index (χ4n) is 10.9. The van der Waals surface area contributed by atoms with Crippen LogP contribution < -0.4 is 15.1 Å². The molecule has 4 aliphatic rings. The van der Waals surface area contributed by atoms with E-state index < -0.39 is 8.32 Å². The van der Waals surface area contributed by atoms with Crippen LogP contribution in [0.4, 0.5) is 0 Å². The number of nitrogens with zero attached hydrogens (tertiary/aromatic N) is 1. The van der Waals surface area contributed by atoms with Gasteiger partial charge in [0.25, 0.3) is 8.32 Å². The Balaban J connectivity index is 1.21. The fraction of sp³-hybridized carbons (Fsp3) is 0.457. The van der Waals surface area contributed by atoms with Gasteiger partial charge >= 0.3 is 0 Å². The maximum absolute atomic E-state index is 8.21. The molecular formula is C46H55NO2Si. The van der Waals surface area contributed by atoms with E-state index in [1.807, 2.05) is 0 Å². The van der Waals surface area contributed by atoms with E-state index in [1.165, 1.54) is 47.2 Å². The predicted molar refractivity (Wildman–Crippen MR) is 210 cm³/mol. The summed E-state index contributed by atoms with van der Waals surface area (Å²) in [6, 6.07) is 40.6. The molecule has 4 aliphatic carbocycles. The highest BCUT2D eigenvalue weighted by atomic mass is 28.4. The van der Waals surface area contributed by atoms with Gasteiger partial charge in [0.15, 0.2) is 0 Å². The summed E-state index contributed by atoms with van der Waals surface area (Å²) in [5.41, 5.74) is 4.65. The number of aryl methyl sites for hydroxylation is 1. The molecule has 0 heterocycles. The largest absolute Gasteiger partial charge is 0.497 e. The Labute approximate surface area is 301 Å². The van der Waals surface area contributed by atoms with Crippen molar-refractivity contribution in [1.29, 1.82) is 0 Å². The lowest BCUT2D eigenvalue weighted by molar-refractivity contribution is -0.0174. The lowest BCUT2D eigenvalue weighted by atomic mass is 9.55. The van der Waals surface area contributed by atoms with Crippen molar-refractivity contribution >= 4 is 24.9 Å². The Morgan fingerprint density at radius 2 is 1.46 bits per heavy atom. The number of benzene rings is 4. The summed E-state index contributed by atoms with van der Waals surface area (Å²) >= 11 is 0. The van der Waals surface area contributed by atoms with Crippen LogP contribution in [-0.2, 0) is 10.8 Å². The van der Waals surface area contributed by atoms with E-state index in [0.29, 0.717) is 23.7 Å². The average Bonchev–Trinajstić information content (AvgIpc) is 3.73. The topological polar surface area (TPSA) is 30.8 Å². The average molecular weight is 682 g/mol. The van der Waals surface area contributed by atoms with Crippen molar-refractivity contribution < 1.29 is 9.16 Å². The monoisotopic (exact) mass is 681 g/mol. The standard InChI is InChI=1S/C46H55NO2Si/c1-44(2,3)50(35-18-12-8-13-19-35,36-20-14-9-15-21-36)49-43-42(47-31-45(4)30-41(45)32-16-10-7-11-17-32)29-40-39-24-22-33-28-34(48-6)23-25-37(33)38(39)26-27-46(40,43)5/h7-21,23,25,28,31,38-43H,22,24,26-27,29-30H2,1-6H3/t38-,39-,40+,41-,42+,43+,45-,46+/m1/s1. The molecule has 0 aromatic heterocycles. The van der Waals surface area contributed by atoms with Crippen molar-refractivity contribution in [2.75, 3.05) is 7.11 Å². The minimum Gasteiger partial charge on any atom is -0.497 e. The van der Waals surface area contributed by atoms with Gasteiger partial charge in [0.1, 0.15) is 5.75 Å². The molecular weight excluding hydrogens is 627 g/mol. The molecule has 0 bridgehead atoms. The van der Waals surface area contributed by atoms with Gasteiger partial charge in [-0.05, 0) is 112 Å². The number of fused-ring (bicyclic) bond motifs is 5. The molecule has 0 N–H and O–H groups in total. The highest BCUT2D eigenvalue weighted by molar-refractivity contribution is 6.99. The van der Waals surface area contributed by atoms with Crippen molar-refractivity contribution in [3.63, 3.8) is 0 Å². The molecule has 0 amide bonds. The summed E-state index contributed by atoms with van der Waals surface area (Å²) in [7, 11) is -1.02. The van der Waals surface area contributed by atoms with Gasteiger partial charge in [0.05, 0.1) is 19.3 Å². The van der Waals surface area contributed by atoms with Crippen LogP contribution >= 0.6 is 0 Å². The SMILES string of the molecule is COc1ccc2c(c1)CC[C@@H]1[C@@H]2CC[C@@]2(C)[C@H]1C[C@H](N=C[C@@]1(C)C[C@@H]1c1ccccc1)[C@@H]2O[Si](c1ccccc1)(c1ccccc1)C(C)(C)C. The van der Waals surface area contributed by atoms with E-state index in [0.717, 1.165) is 18.6 Å². The molecule has 3 nitrogen and oxygen atoms in total. The van der Waals surface area contributed by atoms with E-state index in [-0.39, 0.29) is 28.0 Å². The molecule has 3 saturated carbocycles. The second-order valence-corrected chi connectivity index (χ2v) is 21.7. The smallest absolute Gasteiger partial charge is 0.261 e. The first-order chi connectivity index (χ1) is 24.1. The second kappa shape index (κ2) is 12.6. The van der Waals surface area contributed by atoms with Gasteiger partial charge in [-0.25, -0.2) is 0 Å². The van der Waals surface area contributed by atoms with E-state index >= 15 is 0 Å². The van der Waals surface area contributed by atoms with Gasteiger partial charge in [-0.2, -0.15) is 0 Å². The van der Waals surface area contributed by atoms with E-state index in [2.05, 4.69) is 150 Å². The molecule has 0 spiro atoms. The maximum Gasteiger partial charge on any atom is 0.261 e. The lowest BCUT2D eigenvalue weighted by Gasteiger charge is -2.53. The first kappa shape index (κ1) is 33.7. The molecule has 0 unspecified atom stereocenters. The first-order valence-corrected chi connectivity index (χ1v) is 21.0. The van der Waals surface area contributed by atoms with E-state index in [9.17, 15) is 0 Å². The summed E-state index contributed by atoms with van der Waals surface area (Å²) in [5.74, 6) is 3.34. The summed E-state index contributed by atoms with van der Waals surface area (Å²) in [6.07, 6.45) is 9.44. The Hall–Kier alpha value is -3.47. The van der Waals surface area contributed by atoms with Crippen LogP contribution in [0.2, 0.25) is 5.04 Å². The van der Waals surface area contributed by atoms with Crippen LogP contribution in [0.1, 0.15) is 95.2 Å². The lowest BCUT2D eigenvalue weighted by Crippen LogP contribution is -2.69. The Kier molecular flexibility index (Phi) is 8.50. The molecule has 260 valence electrons. The third-order valence-corrected chi connectivity index (χ3v) is 18.6. The Bertz CT molecular complexity index is 1800. The molecule has 50 heavy (non-hydrogen) atoms. The predicted octanol–water partition coefficient (Wildman–Crippen LogP) is 9.74. The number of ether oxygens (including phenoxy) is 1. The molecule has 4 heteroatoms. The van der Waals surface area contributed by atoms with E-state index in [4.69, 9.17) is 14.2 Å². The van der Waals surface area contributed by atoms with Gasteiger partial charge in [0, 0.05) is 11.6 Å². The third-order valence-electron chi connectivity index (χ3n) is 13.6. The molecule has 4 aromatic rings. The zero-order valence-corrected chi connectivity index (χ0v) is 31.9. The highest BCUT2D eigenvalue weighted by Crippen LogP contribution is 2.64. The third kappa shape index (κ3) is 5.53. The first-order valence-electron chi connectivity index (χ1n) is 19.1. The highest BCUT2D eigenvalue weighted by Gasteiger charge is 2.63. The van der Waals surface area contributed by atoms with Gasteiger partial charge < -0.3 is 9.16 Å². The second-order valence-electron chi connectivity index (χ2n) is 17.5. The molecule has 0 radical (unpaired) electrons. The summed E-state index contributed by atoms with van der Waals surface area (Å²) < 4.78 is 13.8. The number of aliphatic imine (C=N–C) groups is 1. The molecule has 0 aliphatic heterocycles. The van der Waals surface area contributed by atoms with Crippen LogP contribution in [0, 0.1) is 22.7 Å². The number of hydrogen-bond donors (Lipinski definition) is 0. The molecule has 8 rings (SSSR count). The van der Waals surface area contributed by atoms with Crippen molar-refractivity contribution in [1.82, 2.24) is 0 Å². The minimum atomic E-state index is -2.80. The van der Waals surface area contributed by atoms with Gasteiger partial charge in [0.2, 0.25) is 0 Å². The van der Waals surface area contributed by atoms with Crippen molar-refractivity contribution in [3.8, 4) is 5.75 Å². The van der Waals surface area contributed by atoms with Gasteiger partial charge in [-0.1, -0.05) is 132 Å². The molecule has 3 fully saturated rings. The maximum atomic E-state index is 8.21. The van der Waals surface area contributed by atoms with Gasteiger partial charge in [-0.3, -0.25) is 4.99 Å². The van der Waals surface area contributed by atoms with Crippen molar-refractivity contribution in [2.24, 2.45) is 27.7 Å². The number of hydrogen-bond acceptors (Lipinski definition) is 3. The van der Waals surface area contributed by atoms with E-state index in [1.54, 1.807) is 12.7 Å². The molecule has 4 aromatic carbocycles. The van der Waals surface area contributed by atoms with Crippen LogP contribution in [0.3, 0.4) is 0 Å². The Morgan fingerprint density at radius 3 is 2.08 bits per heavy atom. The van der Waals surface area contributed by atoms with Gasteiger partial charge in [-0.15, -0.1) is 0 Å². The van der Waals surface area contributed by atoms with Crippen molar-refractivity contribution in [3.05, 3.63) is 126 Å². The number of rotatable bonds is 8. The van der Waals surface area contributed by atoms with Crippen LogP contribution in [0.25, 0.3) is 0 Å². The van der Waals surface area contributed by atoms with Crippen LogP contribution in [-0.4, -0.2) is 33.8 Å². The Morgan fingerprint density at radius 1 is 0.820 bits per heavy atom.